The number of fused-ring (bicyclic) bond motifs is 1. The smallest absolute Gasteiger partial charge is 0.310 e. The molecule has 4 nitrogen and oxygen atoms in total. The predicted octanol–water partition coefficient (Wildman–Crippen LogP) is 5.35. The zero-order valence-electron chi connectivity index (χ0n) is 16.6. The number of carbonyl (C=O) groups is 1. The molecule has 1 fully saturated rings. The first-order valence-electron chi connectivity index (χ1n) is 10.6. The van der Waals surface area contributed by atoms with E-state index < -0.39 is 0 Å². The van der Waals surface area contributed by atoms with Gasteiger partial charge in [-0.1, -0.05) is 12.1 Å². The van der Waals surface area contributed by atoms with Gasteiger partial charge in [-0.15, -0.1) is 0 Å². The molecule has 0 bridgehead atoms. The van der Waals surface area contributed by atoms with Crippen molar-refractivity contribution in [1.82, 2.24) is 0 Å². The molecule has 2 aromatic carbocycles. The Kier molecular flexibility index (Phi) is 5.84. The highest BCUT2D eigenvalue weighted by molar-refractivity contribution is 5.73. The Bertz CT molecular complexity index is 822. The molecule has 0 aromatic heterocycles. The van der Waals surface area contributed by atoms with Gasteiger partial charge in [-0.25, -0.2) is 0 Å². The first kappa shape index (κ1) is 18.9. The second-order valence-electron chi connectivity index (χ2n) is 7.79. The van der Waals surface area contributed by atoms with E-state index in [2.05, 4.69) is 17.4 Å². The van der Waals surface area contributed by atoms with E-state index in [0.29, 0.717) is 19.1 Å². The van der Waals surface area contributed by atoms with Gasteiger partial charge in [0, 0.05) is 17.4 Å². The molecule has 0 unspecified atom stereocenters. The van der Waals surface area contributed by atoms with Gasteiger partial charge in [0.05, 0.1) is 19.1 Å². The number of ether oxygens (including phenoxy) is 2. The quantitative estimate of drug-likeness (QED) is 0.659. The van der Waals surface area contributed by atoms with E-state index >= 15 is 0 Å². The number of esters is 1. The summed E-state index contributed by atoms with van der Waals surface area (Å²) in [4.78, 5) is 11.6. The molecule has 4 heteroatoms. The lowest BCUT2D eigenvalue weighted by Crippen LogP contribution is -2.11. The summed E-state index contributed by atoms with van der Waals surface area (Å²) in [7, 11) is 0. The zero-order valence-corrected chi connectivity index (χ0v) is 16.6. The first-order valence-corrected chi connectivity index (χ1v) is 10.6. The van der Waals surface area contributed by atoms with Crippen molar-refractivity contribution in [3.63, 3.8) is 0 Å². The average molecular weight is 380 g/mol. The van der Waals surface area contributed by atoms with Crippen LogP contribution < -0.4 is 10.1 Å². The maximum absolute atomic E-state index is 11.6. The van der Waals surface area contributed by atoms with Gasteiger partial charge in [0.1, 0.15) is 5.75 Å². The molecule has 2 aliphatic rings. The first-order chi connectivity index (χ1) is 13.7. The van der Waals surface area contributed by atoms with Gasteiger partial charge >= 0.3 is 5.97 Å². The van der Waals surface area contributed by atoms with Crippen LogP contribution in [0.1, 0.15) is 55.7 Å². The largest absolute Gasteiger partial charge is 0.490 e. The van der Waals surface area contributed by atoms with Crippen molar-refractivity contribution in [1.29, 1.82) is 0 Å². The predicted molar refractivity (Wildman–Crippen MR) is 111 cm³/mol. The highest BCUT2D eigenvalue weighted by Crippen LogP contribution is 2.36. The summed E-state index contributed by atoms with van der Waals surface area (Å²) in [5.74, 6) is 0.812. The molecule has 1 saturated carbocycles. The van der Waals surface area contributed by atoms with Gasteiger partial charge in [0.25, 0.3) is 0 Å². The summed E-state index contributed by atoms with van der Waals surface area (Å²) in [5, 5.41) is 3.58. The van der Waals surface area contributed by atoms with Crippen LogP contribution in [-0.4, -0.2) is 18.7 Å². The molecular weight excluding hydrogens is 350 g/mol. The third-order valence-corrected chi connectivity index (χ3v) is 5.68. The van der Waals surface area contributed by atoms with E-state index in [9.17, 15) is 4.79 Å². The van der Waals surface area contributed by atoms with E-state index in [-0.39, 0.29) is 5.97 Å². The average Bonchev–Trinajstić information content (AvgIpc) is 3.35. The molecule has 0 spiro atoms. The maximum atomic E-state index is 11.6. The van der Waals surface area contributed by atoms with Crippen LogP contribution in [0.5, 0.6) is 5.75 Å². The molecule has 0 atom stereocenters. The monoisotopic (exact) mass is 379 g/mol. The standard InChI is InChI=1S/C24H29NO3/c1-2-27-24(26)14-17-10-12-19(13-11-17)25-23-16-21(28-20-7-3-4-8-20)15-18-6-5-9-22(18)23/h10-13,15-16,20,25H,2-9,14H2,1H3. The van der Waals surface area contributed by atoms with Crippen molar-refractivity contribution in [2.45, 2.75) is 64.4 Å². The number of hydrogen-bond acceptors (Lipinski definition) is 4. The van der Waals surface area contributed by atoms with E-state index in [1.54, 1.807) is 0 Å². The van der Waals surface area contributed by atoms with Crippen LogP contribution in [0.3, 0.4) is 0 Å². The van der Waals surface area contributed by atoms with Crippen LogP contribution in [0.25, 0.3) is 0 Å². The normalized spacial score (nSPS) is 16.0. The fourth-order valence-electron chi connectivity index (χ4n) is 4.30. The van der Waals surface area contributed by atoms with Gasteiger partial charge in [-0.05, 0) is 86.8 Å². The van der Waals surface area contributed by atoms with E-state index in [1.807, 2.05) is 31.2 Å². The summed E-state index contributed by atoms with van der Waals surface area (Å²) in [6, 6.07) is 12.4. The minimum atomic E-state index is -0.183. The molecule has 2 aromatic rings. The highest BCUT2D eigenvalue weighted by atomic mass is 16.5. The molecule has 0 heterocycles. The van der Waals surface area contributed by atoms with Crippen molar-refractivity contribution in [2.24, 2.45) is 0 Å². The third kappa shape index (κ3) is 4.49. The van der Waals surface area contributed by atoms with Crippen molar-refractivity contribution in [3.05, 3.63) is 53.1 Å². The number of nitrogens with one attached hydrogen (secondary N) is 1. The lowest BCUT2D eigenvalue weighted by molar-refractivity contribution is -0.142. The number of benzene rings is 2. The van der Waals surface area contributed by atoms with Crippen LogP contribution in [-0.2, 0) is 28.8 Å². The SMILES string of the molecule is CCOC(=O)Cc1ccc(Nc2cc(OC3CCCC3)cc3c2CCC3)cc1. The fourth-order valence-corrected chi connectivity index (χ4v) is 4.30. The van der Waals surface area contributed by atoms with Gasteiger partial charge in [0.15, 0.2) is 0 Å². The Morgan fingerprint density at radius 2 is 1.86 bits per heavy atom. The second kappa shape index (κ2) is 8.68. The summed E-state index contributed by atoms with van der Waals surface area (Å²) in [5.41, 5.74) is 5.97. The molecule has 28 heavy (non-hydrogen) atoms. The fraction of sp³-hybridized carbons (Fsp3) is 0.458. The summed E-state index contributed by atoms with van der Waals surface area (Å²) >= 11 is 0. The van der Waals surface area contributed by atoms with Crippen molar-refractivity contribution >= 4 is 17.3 Å². The van der Waals surface area contributed by atoms with Crippen LogP contribution in [0.15, 0.2) is 36.4 Å². The second-order valence-corrected chi connectivity index (χ2v) is 7.79. The molecule has 0 saturated heterocycles. The van der Waals surface area contributed by atoms with E-state index in [0.717, 1.165) is 35.5 Å². The summed E-state index contributed by atoms with van der Waals surface area (Å²) in [6.45, 7) is 2.25. The summed E-state index contributed by atoms with van der Waals surface area (Å²) < 4.78 is 11.3. The number of aryl methyl sites for hydroxylation is 1. The van der Waals surface area contributed by atoms with Gasteiger partial charge in [0.2, 0.25) is 0 Å². The number of anilines is 2. The minimum Gasteiger partial charge on any atom is -0.490 e. The summed E-state index contributed by atoms with van der Waals surface area (Å²) in [6.07, 6.45) is 9.02. The zero-order chi connectivity index (χ0) is 19.3. The Labute approximate surface area is 167 Å². The molecule has 0 aliphatic heterocycles. The van der Waals surface area contributed by atoms with Crippen LogP contribution in [0, 0.1) is 0 Å². The Balaban J connectivity index is 1.49. The molecule has 4 rings (SSSR count). The Morgan fingerprint density at radius 1 is 1.07 bits per heavy atom. The number of carbonyl (C=O) groups excluding carboxylic acids is 1. The lowest BCUT2D eigenvalue weighted by atomic mass is 10.1. The molecule has 0 amide bonds. The van der Waals surface area contributed by atoms with Gasteiger partial charge < -0.3 is 14.8 Å². The topological polar surface area (TPSA) is 47.6 Å². The molecule has 148 valence electrons. The van der Waals surface area contributed by atoms with E-state index in [1.165, 1.54) is 43.2 Å². The van der Waals surface area contributed by atoms with Gasteiger partial charge in [-0.2, -0.15) is 0 Å². The molecular formula is C24H29NO3. The third-order valence-electron chi connectivity index (χ3n) is 5.68. The molecule has 1 N–H and O–H groups in total. The van der Waals surface area contributed by atoms with Crippen molar-refractivity contribution < 1.29 is 14.3 Å². The maximum Gasteiger partial charge on any atom is 0.310 e. The highest BCUT2D eigenvalue weighted by Gasteiger charge is 2.20. The lowest BCUT2D eigenvalue weighted by Gasteiger charge is -2.18. The Morgan fingerprint density at radius 3 is 2.61 bits per heavy atom. The van der Waals surface area contributed by atoms with Crippen molar-refractivity contribution in [3.8, 4) is 5.75 Å². The van der Waals surface area contributed by atoms with Crippen molar-refractivity contribution in [2.75, 3.05) is 11.9 Å². The molecule has 0 radical (unpaired) electrons. The minimum absolute atomic E-state index is 0.183. The van der Waals surface area contributed by atoms with Crippen LogP contribution in [0.4, 0.5) is 11.4 Å². The molecule has 2 aliphatic carbocycles. The van der Waals surface area contributed by atoms with Crippen LogP contribution >= 0.6 is 0 Å². The van der Waals surface area contributed by atoms with E-state index in [4.69, 9.17) is 9.47 Å². The van der Waals surface area contributed by atoms with Crippen LogP contribution in [0.2, 0.25) is 0 Å². The van der Waals surface area contributed by atoms with Gasteiger partial charge in [-0.3, -0.25) is 4.79 Å². The number of hydrogen-bond donors (Lipinski definition) is 1. The Hall–Kier alpha value is -2.49. The number of rotatable bonds is 7.